The van der Waals surface area contributed by atoms with E-state index in [0.29, 0.717) is 50.0 Å². The van der Waals surface area contributed by atoms with Crippen LogP contribution >= 0.6 is 22.6 Å². The Hall–Kier alpha value is -3.62. The third kappa shape index (κ3) is 7.34. The summed E-state index contributed by atoms with van der Waals surface area (Å²) in [4.78, 5) is 40.8. The van der Waals surface area contributed by atoms with Gasteiger partial charge in [0.25, 0.3) is 5.91 Å². The predicted molar refractivity (Wildman–Crippen MR) is 178 cm³/mol. The molecule has 2 aliphatic carbocycles. The second-order valence-electron chi connectivity index (χ2n) is 11.6. The Morgan fingerprint density at radius 2 is 1.87 bits per heavy atom. The molecule has 0 aliphatic heterocycles. The lowest BCUT2D eigenvalue weighted by atomic mass is 9.85. The maximum Gasteiger partial charge on any atom is 0.289 e. The Bertz CT molecular complexity index is 1600. The Morgan fingerprint density at radius 3 is 2.57 bits per heavy atom. The Morgan fingerprint density at radius 1 is 1.11 bits per heavy atom. The molecule has 1 heterocycles. The van der Waals surface area contributed by atoms with Gasteiger partial charge in [0.1, 0.15) is 18.5 Å². The van der Waals surface area contributed by atoms with E-state index in [2.05, 4.69) is 5.32 Å². The molecule has 0 unspecified atom stereocenters. The quantitative estimate of drug-likeness (QED) is 0.180. The summed E-state index contributed by atoms with van der Waals surface area (Å²) in [5, 5.41) is 24.7. The second-order valence-corrected chi connectivity index (χ2v) is 12.8. The number of aldehydes is 1. The van der Waals surface area contributed by atoms with Crippen LogP contribution in [0.2, 0.25) is 0 Å². The molecule has 0 bridgehead atoms. The number of benzene rings is 2. The van der Waals surface area contributed by atoms with Crippen molar-refractivity contribution in [2.75, 3.05) is 33.9 Å². The van der Waals surface area contributed by atoms with Gasteiger partial charge in [0, 0.05) is 36.0 Å². The highest BCUT2D eigenvalue weighted by molar-refractivity contribution is 14.1. The molecular formula is C34H39IN2O9. The minimum absolute atomic E-state index is 0.0410. The minimum atomic E-state index is -1.24. The number of carbonyl (C=O) groups is 3. The number of hydrogen-bond acceptors (Lipinski definition) is 9. The molecule has 2 amide bonds. The maximum atomic E-state index is 14.4. The number of halogens is 1. The van der Waals surface area contributed by atoms with E-state index in [1.54, 1.807) is 29.2 Å². The summed E-state index contributed by atoms with van der Waals surface area (Å²) in [6, 6.07) is 9.38. The van der Waals surface area contributed by atoms with Gasteiger partial charge in [0.2, 0.25) is 5.91 Å². The number of amides is 2. The van der Waals surface area contributed by atoms with Gasteiger partial charge in [-0.2, -0.15) is 0 Å². The lowest BCUT2D eigenvalue weighted by Gasteiger charge is -2.42. The smallest absolute Gasteiger partial charge is 0.289 e. The first-order valence-electron chi connectivity index (χ1n) is 15.4. The Balaban J connectivity index is 1.55. The van der Waals surface area contributed by atoms with E-state index in [-0.39, 0.29) is 37.0 Å². The third-order valence-corrected chi connectivity index (χ3v) is 9.44. The number of aliphatic hydroxyl groups is 2. The summed E-state index contributed by atoms with van der Waals surface area (Å²) >= 11 is 2.02. The molecule has 11 nitrogen and oxygen atoms in total. The van der Waals surface area contributed by atoms with Crippen LogP contribution in [0.15, 0.2) is 52.5 Å². The first kappa shape index (κ1) is 33.7. The summed E-state index contributed by atoms with van der Waals surface area (Å²) in [5.41, 5.74) is 1.14. The van der Waals surface area contributed by atoms with E-state index >= 15 is 0 Å². The van der Waals surface area contributed by atoms with Gasteiger partial charge in [0.05, 0.1) is 30.4 Å². The molecular weight excluding hydrogens is 707 g/mol. The number of fused-ring (bicyclic) bond motifs is 1. The number of ether oxygens (including phenoxy) is 3. The highest BCUT2D eigenvalue weighted by Crippen LogP contribution is 2.38. The molecule has 246 valence electrons. The van der Waals surface area contributed by atoms with Gasteiger partial charge in [-0.3, -0.25) is 14.4 Å². The lowest BCUT2D eigenvalue weighted by Crippen LogP contribution is -2.56. The molecule has 0 saturated heterocycles. The number of furan rings is 1. The van der Waals surface area contributed by atoms with E-state index in [1.807, 2.05) is 34.7 Å². The van der Waals surface area contributed by atoms with Crippen LogP contribution in [0.1, 0.15) is 59.4 Å². The molecule has 12 heteroatoms. The maximum absolute atomic E-state index is 14.4. The summed E-state index contributed by atoms with van der Waals surface area (Å²) in [7, 11) is 2.98. The first-order valence-corrected chi connectivity index (χ1v) is 16.5. The molecule has 46 heavy (non-hydrogen) atoms. The molecule has 0 radical (unpaired) electrons. The van der Waals surface area contributed by atoms with Crippen LogP contribution in [0.25, 0.3) is 11.0 Å². The fourth-order valence-corrected chi connectivity index (χ4v) is 7.05. The predicted octanol–water partition coefficient (Wildman–Crippen LogP) is 4.51. The van der Waals surface area contributed by atoms with Gasteiger partial charge in [-0.25, -0.2) is 0 Å². The molecule has 3 N–H and O–H groups in total. The molecule has 1 aromatic heterocycles. The summed E-state index contributed by atoms with van der Waals surface area (Å²) in [5.74, 6) is 0.534. The molecule has 3 atom stereocenters. The summed E-state index contributed by atoms with van der Waals surface area (Å²) in [6.45, 7) is 0.159. The van der Waals surface area contributed by atoms with Gasteiger partial charge in [-0.15, -0.1) is 0 Å². The van der Waals surface area contributed by atoms with Crippen molar-refractivity contribution in [3.8, 4) is 17.2 Å². The number of methoxy groups -OCH3 is 2. The number of para-hydroxylation sites is 1. The zero-order valence-corrected chi connectivity index (χ0v) is 28.0. The number of nitrogens with one attached hydrogen (secondary N) is 1. The largest absolute Gasteiger partial charge is 0.493 e. The van der Waals surface area contributed by atoms with Crippen LogP contribution in [0.3, 0.4) is 0 Å². The second kappa shape index (κ2) is 15.3. The van der Waals surface area contributed by atoms with Crippen molar-refractivity contribution in [2.24, 2.45) is 5.92 Å². The van der Waals surface area contributed by atoms with Crippen LogP contribution in [-0.2, 0) is 4.79 Å². The third-order valence-electron chi connectivity index (χ3n) is 8.64. The van der Waals surface area contributed by atoms with Crippen molar-refractivity contribution in [3.05, 3.63) is 62.9 Å². The first-order chi connectivity index (χ1) is 22.3. The molecule has 2 aromatic carbocycles. The van der Waals surface area contributed by atoms with Crippen molar-refractivity contribution in [1.29, 1.82) is 0 Å². The molecule has 3 aromatic rings. The van der Waals surface area contributed by atoms with Crippen molar-refractivity contribution >= 4 is 51.7 Å². The van der Waals surface area contributed by atoms with Crippen molar-refractivity contribution < 1.29 is 43.2 Å². The van der Waals surface area contributed by atoms with Crippen molar-refractivity contribution in [3.63, 3.8) is 0 Å². The molecule has 1 fully saturated rings. The SMILES string of the molecule is COc1cc(C=O)cc(I)c1O[C@H]1C=C(C(=O)NCCO)C[C@@H](N(CC2CCCCC2)C(=O)c2cc3cccc(OC)c3o2)[C@@H]1O. The Kier molecular flexibility index (Phi) is 11.2. The fourth-order valence-electron chi connectivity index (χ4n) is 6.30. The fraction of sp³-hybridized carbons (Fsp3) is 0.441. The Labute approximate surface area is 281 Å². The number of rotatable bonds is 12. The monoisotopic (exact) mass is 746 g/mol. The number of carbonyl (C=O) groups excluding carboxylic acids is 3. The van der Waals surface area contributed by atoms with Gasteiger partial charge in [-0.05, 0) is 71.7 Å². The zero-order valence-electron chi connectivity index (χ0n) is 25.9. The van der Waals surface area contributed by atoms with Gasteiger partial charge >= 0.3 is 0 Å². The summed E-state index contributed by atoms with van der Waals surface area (Å²) < 4.78 is 23.9. The van der Waals surface area contributed by atoms with Crippen LogP contribution in [0, 0.1) is 9.49 Å². The van der Waals surface area contributed by atoms with Gasteiger partial charge in [-0.1, -0.05) is 31.4 Å². The van der Waals surface area contributed by atoms with E-state index in [9.17, 15) is 24.6 Å². The average molecular weight is 747 g/mol. The molecule has 2 aliphatic rings. The van der Waals surface area contributed by atoms with Crippen LogP contribution in [0.4, 0.5) is 0 Å². The number of hydrogen-bond donors (Lipinski definition) is 3. The number of aliphatic hydroxyl groups excluding tert-OH is 2. The topological polar surface area (TPSA) is 148 Å². The van der Waals surface area contributed by atoms with E-state index in [0.717, 1.165) is 32.1 Å². The minimum Gasteiger partial charge on any atom is -0.493 e. The van der Waals surface area contributed by atoms with E-state index in [1.165, 1.54) is 20.3 Å². The average Bonchev–Trinajstić information content (AvgIpc) is 3.52. The van der Waals surface area contributed by atoms with E-state index < -0.39 is 30.1 Å². The zero-order chi connectivity index (χ0) is 32.8. The van der Waals surface area contributed by atoms with Crippen molar-refractivity contribution in [1.82, 2.24) is 10.2 Å². The molecule has 1 saturated carbocycles. The highest BCUT2D eigenvalue weighted by atomic mass is 127. The van der Waals surface area contributed by atoms with Crippen LogP contribution in [-0.4, -0.2) is 85.4 Å². The van der Waals surface area contributed by atoms with Gasteiger partial charge in [0.15, 0.2) is 28.6 Å². The normalized spacial score (nSPS) is 20.1. The summed E-state index contributed by atoms with van der Waals surface area (Å²) in [6.07, 6.45) is 5.13. The lowest BCUT2D eigenvalue weighted by molar-refractivity contribution is -0.118. The van der Waals surface area contributed by atoms with Gasteiger partial charge < -0.3 is 39.1 Å². The number of nitrogens with zero attached hydrogens (tertiary/aromatic N) is 1. The molecule has 0 spiro atoms. The highest BCUT2D eigenvalue weighted by Gasteiger charge is 2.42. The standard InChI is InChI=1S/C34H39IN2O9/c1-43-26-10-6-9-22-16-29(46-31(22)26)34(42)37(18-20-7-4-3-5-8-20)25-15-23(33(41)36-11-12-38)17-27(30(25)40)45-32-24(35)13-21(19-39)14-28(32)44-2/h6,9-10,13-14,16-17,19-20,25,27,30,38,40H,3-5,7-8,11-12,15,18H2,1-2H3,(H,36,41)/t25-,27+,30+/m1/s1. The van der Waals surface area contributed by atoms with Crippen LogP contribution < -0.4 is 19.5 Å². The van der Waals surface area contributed by atoms with Crippen LogP contribution in [0.5, 0.6) is 17.2 Å². The van der Waals surface area contributed by atoms with E-state index in [4.69, 9.17) is 18.6 Å². The molecule has 5 rings (SSSR count). The van der Waals surface area contributed by atoms with Crippen molar-refractivity contribution in [2.45, 2.75) is 56.8 Å².